The summed E-state index contributed by atoms with van der Waals surface area (Å²) in [5.41, 5.74) is 6.64. The lowest BCUT2D eigenvalue weighted by atomic mass is 9.89. The van der Waals surface area contributed by atoms with Gasteiger partial charge < -0.3 is 5.73 Å². The Morgan fingerprint density at radius 1 is 1.47 bits per heavy atom. The molecule has 106 valence electrons. The molecule has 0 aromatic heterocycles. The van der Waals surface area contributed by atoms with Crippen LogP contribution in [0.5, 0.6) is 0 Å². The molecule has 19 heavy (non-hydrogen) atoms. The van der Waals surface area contributed by atoms with Crippen molar-refractivity contribution < 1.29 is 4.39 Å². The van der Waals surface area contributed by atoms with E-state index < -0.39 is 0 Å². The SMILES string of the molecule is CC1CCCN(C(CN)c2cc(Br)ccc2F)C1C. The van der Waals surface area contributed by atoms with Crippen molar-refractivity contribution in [2.45, 2.75) is 38.8 Å². The molecular weight excluding hydrogens is 307 g/mol. The number of nitrogens with zero attached hydrogens (tertiary/aromatic N) is 1. The second-order valence-corrected chi connectivity index (χ2v) is 6.43. The third-order valence-corrected chi connectivity index (χ3v) is 4.86. The molecule has 1 aromatic carbocycles. The summed E-state index contributed by atoms with van der Waals surface area (Å²) in [7, 11) is 0. The van der Waals surface area contributed by atoms with Crippen LogP contribution >= 0.6 is 15.9 Å². The van der Waals surface area contributed by atoms with Crippen LogP contribution in [0.25, 0.3) is 0 Å². The maximum absolute atomic E-state index is 14.1. The molecule has 1 aliphatic heterocycles. The Bertz CT molecular complexity index is 438. The first-order valence-electron chi connectivity index (χ1n) is 6.95. The highest BCUT2D eigenvalue weighted by molar-refractivity contribution is 9.10. The largest absolute Gasteiger partial charge is 0.329 e. The molecule has 1 fully saturated rings. The van der Waals surface area contributed by atoms with Crippen LogP contribution in [0.2, 0.25) is 0 Å². The van der Waals surface area contributed by atoms with Gasteiger partial charge in [0, 0.05) is 22.6 Å². The molecule has 0 saturated carbocycles. The lowest BCUT2D eigenvalue weighted by Crippen LogP contribution is -2.46. The average Bonchev–Trinajstić information content (AvgIpc) is 2.39. The van der Waals surface area contributed by atoms with Crippen LogP contribution in [0.4, 0.5) is 4.39 Å². The van der Waals surface area contributed by atoms with Crippen LogP contribution in [0, 0.1) is 11.7 Å². The van der Waals surface area contributed by atoms with Crippen molar-refractivity contribution in [3.05, 3.63) is 34.1 Å². The zero-order chi connectivity index (χ0) is 14.0. The van der Waals surface area contributed by atoms with Crippen molar-refractivity contribution in [2.75, 3.05) is 13.1 Å². The molecule has 3 atom stereocenters. The van der Waals surface area contributed by atoms with Crippen LogP contribution in [0.15, 0.2) is 22.7 Å². The first-order chi connectivity index (χ1) is 9.04. The lowest BCUT2D eigenvalue weighted by Gasteiger charge is -2.42. The van der Waals surface area contributed by atoms with Crippen molar-refractivity contribution in [1.29, 1.82) is 0 Å². The van der Waals surface area contributed by atoms with Crippen molar-refractivity contribution in [1.82, 2.24) is 4.90 Å². The molecule has 2 N–H and O–H groups in total. The summed E-state index contributed by atoms with van der Waals surface area (Å²) in [5, 5.41) is 0. The topological polar surface area (TPSA) is 29.3 Å². The molecule has 4 heteroatoms. The lowest BCUT2D eigenvalue weighted by molar-refractivity contribution is 0.0694. The monoisotopic (exact) mass is 328 g/mol. The molecule has 0 amide bonds. The van der Waals surface area contributed by atoms with Gasteiger partial charge in [0.25, 0.3) is 0 Å². The Balaban J connectivity index is 2.30. The van der Waals surface area contributed by atoms with Gasteiger partial charge in [0.15, 0.2) is 0 Å². The number of hydrogen-bond acceptors (Lipinski definition) is 2. The van der Waals surface area contributed by atoms with Crippen LogP contribution in [0.3, 0.4) is 0 Å². The molecule has 0 aliphatic carbocycles. The van der Waals surface area contributed by atoms with E-state index in [2.05, 4.69) is 34.7 Å². The Morgan fingerprint density at radius 3 is 2.89 bits per heavy atom. The van der Waals surface area contributed by atoms with Crippen molar-refractivity contribution in [3.8, 4) is 0 Å². The molecule has 0 bridgehead atoms. The van der Waals surface area contributed by atoms with Gasteiger partial charge in [0.1, 0.15) is 5.82 Å². The molecule has 1 heterocycles. The predicted molar refractivity (Wildman–Crippen MR) is 80.5 cm³/mol. The second-order valence-electron chi connectivity index (χ2n) is 5.52. The highest BCUT2D eigenvalue weighted by Crippen LogP contribution is 2.33. The Labute approximate surface area is 123 Å². The van der Waals surface area contributed by atoms with Crippen molar-refractivity contribution in [2.24, 2.45) is 11.7 Å². The number of halogens is 2. The van der Waals surface area contributed by atoms with Gasteiger partial charge in [-0.3, -0.25) is 4.90 Å². The number of likely N-dealkylation sites (tertiary alicyclic amines) is 1. The summed E-state index contributed by atoms with van der Waals surface area (Å²) >= 11 is 3.42. The number of nitrogens with two attached hydrogens (primary N) is 1. The van der Waals surface area contributed by atoms with E-state index in [-0.39, 0.29) is 11.9 Å². The van der Waals surface area contributed by atoms with E-state index in [9.17, 15) is 4.39 Å². The molecule has 1 aliphatic rings. The summed E-state index contributed by atoms with van der Waals surface area (Å²) in [5.74, 6) is 0.474. The molecule has 1 saturated heterocycles. The summed E-state index contributed by atoms with van der Waals surface area (Å²) in [6.07, 6.45) is 2.41. The first kappa shape index (κ1) is 14.9. The minimum absolute atomic E-state index is 0.0322. The van der Waals surface area contributed by atoms with Gasteiger partial charge >= 0.3 is 0 Å². The van der Waals surface area contributed by atoms with Gasteiger partial charge in [-0.05, 0) is 50.4 Å². The normalized spacial score (nSPS) is 26.4. The van der Waals surface area contributed by atoms with E-state index >= 15 is 0 Å². The molecule has 3 unspecified atom stereocenters. The van der Waals surface area contributed by atoms with Gasteiger partial charge in [-0.2, -0.15) is 0 Å². The Hall–Kier alpha value is -0.450. The summed E-state index contributed by atoms with van der Waals surface area (Å²) in [4.78, 5) is 2.36. The average molecular weight is 329 g/mol. The summed E-state index contributed by atoms with van der Waals surface area (Å²) < 4.78 is 15.0. The summed E-state index contributed by atoms with van der Waals surface area (Å²) in [6, 6.07) is 5.52. The van der Waals surface area contributed by atoms with Gasteiger partial charge in [-0.15, -0.1) is 0 Å². The first-order valence-corrected chi connectivity index (χ1v) is 7.74. The maximum atomic E-state index is 14.1. The van der Waals surface area contributed by atoms with Gasteiger partial charge in [-0.25, -0.2) is 4.39 Å². The number of rotatable bonds is 3. The molecule has 0 radical (unpaired) electrons. The van der Waals surface area contributed by atoms with Gasteiger partial charge in [0.2, 0.25) is 0 Å². The number of benzene rings is 1. The second kappa shape index (κ2) is 6.33. The third-order valence-electron chi connectivity index (χ3n) is 4.36. The van der Waals surface area contributed by atoms with Crippen LogP contribution in [-0.4, -0.2) is 24.0 Å². The quantitative estimate of drug-likeness (QED) is 0.916. The zero-order valence-corrected chi connectivity index (χ0v) is 13.2. The molecule has 2 rings (SSSR count). The van der Waals surface area contributed by atoms with Gasteiger partial charge in [0.05, 0.1) is 6.04 Å². The third kappa shape index (κ3) is 3.18. The van der Waals surface area contributed by atoms with Crippen molar-refractivity contribution in [3.63, 3.8) is 0 Å². The van der Waals surface area contributed by atoms with Crippen molar-refractivity contribution >= 4 is 15.9 Å². The van der Waals surface area contributed by atoms with E-state index in [4.69, 9.17) is 5.73 Å². The van der Waals surface area contributed by atoms with E-state index in [1.54, 1.807) is 6.07 Å². The molecular formula is C15H22BrFN2. The Morgan fingerprint density at radius 2 is 2.21 bits per heavy atom. The maximum Gasteiger partial charge on any atom is 0.128 e. The Kier molecular flexibility index (Phi) is 4.98. The molecule has 1 aromatic rings. The summed E-state index contributed by atoms with van der Waals surface area (Å²) in [6.45, 7) is 5.94. The van der Waals surface area contributed by atoms with Gasteiger partial charge in [-0.1, -0.05) is 22.9 Å². The van der Waals surface area contributed by atoms with E-state index in [0.29, 0.717) is 24.1 Å². The zero-order valence-electron chi connectivity index (χ0n) is 11.6. The van der Waals surface area contributed by atoms with E-state index in [1.807, 2.05) is 6.07 Å². The van der Waals surface area contributed by atoms with Crippen LogP contribution in [-0.2, 0) is 0 Å². The molecule has 2 nitrogen and oxygen atoms in total. The van der Waals surface area contributed by atoms with E-state index in [1.165, 1.54) is 12.5 Å². The number of hydrogen-bond donors (Lipinski definition) is 1. The predicted octanol–water partition coefficient (Wildman–Crippen LogP) is 3.71. The minimum Gasteiger partial charge on any atom is -0.329 e. The fourth-order valence-electron chi connectivity index (χ4n) is 3.02. The van der Waals surface area contributed by atoms with Crippen LogP contribution in [0.1, 0.15) is 38.3 Å². The number of piperidine rings is 1. The smallest absolute Gasteiger partial charge is 0.128 e. The van der Waals surface area contributed by atoms with E-state index in [0.717, 1.165) is 17.4 Å². The highest BCUT2D eigenvalue weighted by atomic mass is 79.9. The standard InChI is InChI=1S/C15H22BrFN2/c1-10-4-3-7-19(11(10)2)15(9-18)13-8-12(16)5-6-14(13)17/h5-6,8,10-11,15H,3-4,7,9,18H2,1-2H3. The fraction of sp³-hybridized carbons (Fsp3) is 0.600. The minimum atomic E-state index is -0.163. The van der Waals surface area contributed by atoms with Crippen LogP contribution < -0.4 is 5.73 Å². The fourth-order valence-corrected chi connectivity index (χ4v) is 3.40. The highest BCUT2D eigenvalue weighted by Gasteiger charge is 2.31. The molecule has 0 spiro atoms.